The Kier molecular flexibility index (Phi) is 4.27. The Labute approximate surface area is 110 Å². The molecule has 1 aliphatic carbocycles. The molecule has 100 valence electrons. The smallest absolute Gasteiger partial charge is 0.307 e. The number of hydrogen-bond donors (Lipinski definition) is 1. The van der Waals surface area contributed by atoms with Crippen LogP contribution in [0.4, 0.5) is 0 Å². The highest BCUT2D eigenvalue weighted by molar-refractivity contribution is 7.98. The number of aliphatic carboxylic acids is 1. The maximum atomic E-state index is 11.2. The summed E-state index contributed by atoms with van der Waals surface area (Å²) in [6.07, 6.45) is 1.51. The second-order valence-corrected chi connectivity index (χ2v) is 6.09. The standard InChI is InChI=1S/C12H18N2O3S/c1-3-18-6-10-13-11(17-14-10)8-4-7(2)5-9(8)12(15)16/h7-9H,3-6H2,1-2H3,(H,15,16). The van der Waals surface area contributed by atoms with Crippen LogP contribution >= 0.6 is 11.8 Å². The number of nitrogens with zero attached hydrogens (tertiary/aromatic N) is 2. The van der Waals surface area contributed by atoms with Gasteiger partial charge in [-0.25, -0.2) is 0 Å². The van der Waals surface area contributed by atoms with Crippen LogP contribution in [0.15, 0.2) is 4.52 Å². The number of rotatable bonds is 5. The molecule has 3 atom stereocenters. The third-order valence-electron chi connectivity index (χ3n) is 3.35. The fourth-order valence-corrected chi connectivity index (χ4v) is 3.01. The molecule has 3 unspecified atom stereocenters. The van der Waals surface area contributed by atoms with Crippen molar-refractivity contribution in [2.45, 2.75) is 38.4 Å². The molecule has 5 nitrogen and oxygen atoms in total. The summed E-state index contributed by atoms with van der Waals surface area (Å²) in [4.78, 5) is 15.6. The Balaban J connectivity index is 2.10. The van der Waals surface area contributed by atoms with E-state index in [0.717, 1.165) is 17.9 Å². The van der Waals surface area contributed by atoms with Crippen molar-refractivity contribution in [1.82, 2.24) is 10.1 Å². The minimum absolute atomic E-state index is 0.120. The zero-order chi connectivity index (χ0) is 13.1. The van der Waals surface area contributed by atoms with Gasteiger partial charge < -0.3 is 9.63 Å². The third-order valence-corrected chi connectivity index (χ3v) is 4.22. The molecule has 0 amide bonds. The van der Waals surface area contributed by atoms with E-state index in [1.54, 1.807) is 11.8 Å². The van der Waals surface area contributed by atoms with Crippen LogP contribution in [0.1, 0.15) is 44.3 Å². The normalized spacial score (nSPS) is 27.6. The maximum absolute atomic E-state index is 11.2. The first-order valence-electron chi connectivity index (χ1n) is 6.24. The molecule has 1 N–H and O–H groups in total. The van der Waals surface area contributed by atoms with Gasteiger partial charge in [0.2, 0.25) is 5.89 Å². The molecule has 0 aromatic carbocycles. The Morgan fingerprint density at radius 1 is 1.56 bits per heavy atom. The fourth-order valence-electron chi connectivity index (χ4n) is 2.51. The Morgan fingerprint density at radius 2 is 2.33 bits per heavy atom. The van der Waals surface area contributed by atoms with Crippen molar-refractivity contribution < 1.29 is 14.4 Å². The second kappa shape index (κ2) is 5.73. The largest absolute Gasteiger partial charge is 0.481 e. The molecule has 0 bridgehead atoms. The van der Waals surface area contributed by atoms with E-state index >= 15 is 0 Å². The molecule has 1 heterocycles. The Morgan fingerprint density at radius 3 is 3.00 bits per heavy atom. The fraction of sp³-hybridized carbons (Fsp3) is 0.750. The number of carboxylic acids is 1. The number of carboxylic acid groups (broad SMARTS) is 1. The van der Waals surface area contributed by atoms with Gasteiger partial charge >= 0.3 is 5.97 Å². The van der Waals surface area contributed by atoms with Crippen LogP contribution in [-0.2, 0) is 10.5 Å². The summed E-state index contributed by atoms with van der Waals surface area (Å²) in [6, 6.07) is 0. The highest BCUT2D eigenvalue weighted by Crippen LogP contribution is 2.42. The summed E-state index contributed by atoms with van der Waals surface area (Å²) in [6.45, 7) is 4.14. The summed E-state index contributed by atoms with van der Waals surface area (Å²) >= 11 is 1.72. The van der Waals surface area contributed by atoms with E-state index in [1.807, 2.05) is 0 Å². The molecule has 2 rings (SSSR count). The van der Waals surface area contributed by atoms with E-state index in [9.17, 15) is 9.90 Å². The summed E-state index contributed by atoms with van der Waals surface area (Å²) in [5, 5.41) is 13.1. The van der Waals surface area contributed by atoms with Gasteiger partial charge in [0.1, 0.15) is 0 Å². The predicted molar refractivity (Wildman–Crippen MR) is 68.4 cm³/mol. The van der Waals surface area contributed by atoms with Gasteiger partial charge in [0, 0.05) is 0 Å². The van der Waals surface area contributed by atoms with Crippen LogP contribution in [-0.4, -0.2) is 27.0 Å². The van der Waals surface area contributed by atoms with Gasteiger partial charge in [0.15, 0.2) is 5.82 Å². The first-order chi connectivity index (χ1) is 8.61. The molecule has 1 fully saturated rings. The highest BCUT2D eigenvalue weighted by atomic mass is 32.2. The molecule has 1 saturated carbocycles. The molecule has 1 aromatic rings. The zero-order valence-corrected chi connectivity index (χ0v) is 11.4. The number of aromatic nitrogens is 2. The minimum atomic E-state index is -0.757. The molecule has 1 aromatic heterocycles. The topological polar surface area (TPSA) is 76.2 Å². The van der Waals surface area contributed by atoms with Crippen LogP contribution in [0.25, 0.3) is 0 Å². The lowest BCUT2D eigenvalue weighted by Crippen LogP contribution is -2.17. The summed E-state index contributed by atoms with van der Waals surface area (Å²) in [7, 11) is 0. The summed E-state index contributed by atoms with van der Waals surface area (Å²) in [5.74, 6) is 2.03. The highest BCUT2D eigenvalue weighted by Gasteiger charge is 2.40. The Hall–Kier alpha value is -1.04. The van der Waals surface area contributed by atoms with Crippen LogP contribution in [0.5, 0.6) is 0 Å². The van der Waals surface area contributed by atoms with Gasteiger partial charge in [0.05, 0.1) is 17.6 Å². The first-order valence-corrected chi connectivity index (χ1v) is 7.40. The van der Waals surface area contributed by atoms with Crippen LogP contribution in [0, 0.1) is 11.8 Å². The molecule has 0 spiro atoms. The predicted octanol–water partition coefficient (Wildman–Crippen LogP) is 2.54. The van der Waals surface area contributed by atoms with Gasteiger partial charge in [0.25, 0.3) is 0 Å². The number of hydrogen-bond acceptors (Lipinski definition) is 5. The lowest BCUT2D eigenvalue weighted by atomic mass is 9.96. The van der Waals surface area contributed by atoms with Crippen molar-refractivity contribution >= 4 is 17.7 Å². The van der Waals surface area contributed by atoms with Gasteiger partial charge in [-0.05, 0) is 24.5 Å². The average molecular weight is 270 g/mol. The van der Waals surface area contributed by atoms with E-state index in [-0.39, 0.29) is 11.8 Å². The van der Waals surface area contributed by atoms with Gasteiger partial charge in [-0.15, -0.1) is 0 Å². The van der Waals surface area contributed by atoms with Crippen molar-refractivity contribution in [1.29, 1.82) is 0 Å². The number of carbonyl (C=O) groups is 1. The lowest BCUT2D eigenvalue weighted by molar-refractivity contribution is -0.142. The van der Waals surface area contributed by atoms with Crippen molar-refractivity contribution in [2.75, 3.05) is 5.75 Å². The molecular formula is C12H18N2O3S. The molecule has 6 heteroatoms. The SMILES string of the molecule is CCSCc1noc(C2CC(C)CC2C(=O)O)n1. The van der Waals surface area contributed by atoms with E-state index in [1.165, 1.54) is 0 Å². The average Bonchev–Trinajstić information content (AvgIpc) is 2.92. The monoisotopic (exact) mass is 270 g/mol. The molecule has 0 saturated heterocycles. The van der Waals surface area contributed by atoms with E-state index in [4.69, 9.17) is 4.52 Å². The quantitative estimate of drug-likeness (QED) is 0.886. The molecule has 0 aliphatic heterocycles. The molecule has 18 heavy (non-hydrogen) atoms. The van der Waals surface area contributed by atoms with E-state index < -0.39 is 5.97 Å². The second-order valence-electron chi connectivity index (χ2n) is 4.81. The Bertz CT molecular complexity index is 421. The molecular weight excluding hydrogens is 252 g/mol. The van der Waals surface area contributed by atoms with Gasteiger partial charge in [-0.1, -0.05) is 19.0 Å². The zero-order valence-electron chi connectivity index (χ0n) is 10.6. The minimum Gasteiger partial charge on any atom is -0.481 e. The molecule has 1 aliphatic rings. The van der Waals surface area contributed by atoms with E-state index in [2.05, 4.69) is 24.0 Å². The third kappa shape index (κ3) is 2.85. The van der Waals surface area contributed by atoms with Crippen LogP contribution in [0.3, 0.4) is 0 Å². The first kappa shape index (κ1) is 13.4. The van der Waals surface area contributed by atoms with Gasteiger partial charge in [-0.3, -0.25) is 4.79 Å². The summed E-state index contributed by atoms with van der Waals surface area (Å²) < 4.78 is 5.24. The maximum Gasteiger partial charge on any atom is 0.307 e. The van der Waals surface area contributed by atoms with Gasteiger partial charge in [-0.2, -0.15) is 16.7 Å². The molecule has 0 radical (unpaired) electrons. The van der Waals surface area contributed by atoms with Crippen molar-refractivity contribution in [3.8, 4) is 0 Å². The summed E-state index contributed by atoms with van der Waals surface area (Å²) in [5.41, 5.74) is 0. The van der Waals surface area contributed by atoms with Crippen molar-refractivity contribution in [3.63, 3.8) is 0 Å². The van der Waals surface area contributed by atoms with E-state index in [0.29, 0.717) is 24.1 Å². The van der Waals surface area contributed by atoms with Crippen molar-refractivity contribution in [3.05, 3.63) is 11.7 Å². The number of thioether (sulfide) groups is 1. The van der Waals surface area contributed by atoms with Crippen LogP contribution < -0.4 is 0 Å². The van der Waals surface area contributed by atoms with Crippen molar-refractivity contribution in [2.24, 2.45) is 11.8 Å². The van der Waals surface area contributed by atoms with Crippen LogP contribution in [0.2, 0.25) is 0 Å². The lowest BCUT2D eigenvalue weighted by Gasteiger charge is -2.09.